The molecule has 0 saturated heterocycles. The number of carbonyl (C=O) groups excluding carboxylic acids is 1. The maximum Gasteiger partial charge on any atom is 0.387 e. The van der Waals surface area contributed by atoms with E-state index in [1.165, 1.54) is 12.1 Å². The molecule has 0 radical (unpaired) electrons. The summed E-state index contributed by atoms with van der Waals surface area (Å²) < 4.78 is 39.8. The van der Waals surface area contributed by atoms with E-state index in [1.807, 2.05) is 30.3 Å². The molecule has 1 amide bonds. The zero-order valence-electron chi connectivity index (χ0n) is 17.3. The van der Waals surface area contributed by atoms with Gasteiger partial charge in [-0.15, -0.1) is 0 Å². The van der Waals surface area contributed by atoms with Gasteiger partial charge in [0.05, 0.1) is 5.71 Å². The zero-order valence-corrected chi connectivity index (χ0v) is 17.3. The molecule has 3 aromatic carbocycles. The van der Waals surface area contributed by atoms with Crippen LogP contribution in [0, 0.1) is 0 Å². The van der Waals surface area contributed by atoms with Crippen LogP contribution in [0.5, 0.6) is 17.2 Å². The van der Waals surface area contributed by atoms with Gasteiger partial charge >= 0.3 is 6.61 Å². The Morgan fingerprint density at radius 1 is 0.875 bits per heavy atom. The van der Waals surface area contributed by atoms with Crippen molar-refractivity contribution < 1.29 is 27.8 Å². The molecule has 0 aliphatic rings. The van der Waals surface area contributed by atoms with Crippen molar-refractivity contribution in [2.24, 2.45) is 5.10 Å². The molecule has 1 N–H and O–H groups in total. The number of rotatable bonds is 10. The lowest BCUT2D eigenvalue weighted by Crippen LogP contribution is -2.25. The smallest absolute Gasteiger partial charge is 0.387 e. The standard InChI is InChI=1S/C24H22F2N2O4/c1-17(19-7-9-22(10-8-19)32-24(25)26)27-28-23(29)16-31-21-13-11-20(12-14-21)30-15-18-5-3-2-4-6-18/h2-14,24H,15-16H2,1H3,(H,28,29)/b27-17+. The summed E-state index contributed by atoms with van der Waals surface area (Å²) in [6, 6.07) is 22.7. The second-order valence-corrected chi connectivity index (χ2v) is 6.67. The van der Waals surface area contributed by atoms with Crippen molar-refractivity contribution in [2.75, 3.05) is 6.61 Å². The van der Waals surface area contributed by atoms with Gasteiger partial charge in [0, 0.05) is 0 Å². The summed E-state index contributed by atoms with van der Waals surface area (Å²) in [7, 11) is 0. The van der Waals surface area contributed by atoms with Gasteiger partial charge in [-0.1, -0.05) is 30.3 Å². The van der Waals surface area contributed by atoms with Crippen molar-refractivity contribution in [3.63, 3.8) is 0 Å². The van der Waals surface area contributed by atoms with Gasteiger partial charge < -0.3 is 14.2 Å². The third-order valence-corrected chi connectivity index (χ3v) is 4.29. The van der Waals surface area contributed by atoms with Crippen LogP contribution in [0.15, 0.2) is 84.0 Å². The number of hydrogen-bond donors (Lipinski definition) is 1. The normalized spacial score (nSPS) is 11.2. The fourth-order valence-corrected chi connectivity index (χ4v) is 2.64. The molecule has 0 spiro atoms. The predicted octanol–water partition coefficient (Wildman–Crippen LogP) is 4.79. The summed E-state index contributed by atoms with van der Waals surface area (Å²) in [4.78, 5) is 12.0. The van der Waals surface area contributed by atoms with E-state index in [4.69, 9.17) is 9.47 Å². The van der Waals surface area contributed by atoms with Gasteiger partial charge in [-0.25, -0.2) is 5.43 Å². The summed E-state index contributed by atoms with van der Waals surface area (Å²) >= 11 is 0. The highest BCUT2D eigenvalue weighted by molar-refractivity contribution is 5.99. The summed E-state index contributed by atoms with van der Waals surface area (Å²) in [6.45, 7) is -0.962. The van der Waals surface area contributed by atoms with Crippen LogP contribution in [0.3, 0.4) is 0 Å². The van der Waals surface area contributed by atoms with Crippen LogP contribution >= 0.6 is 0 Å². The van der Waals surface area contributed by atoms with Gasteiger partial charge in [0.15, 0.2) is 6.61 Å². The maximum atomic E-state index is 12.2. The lowest BCUT2D eigenvalue weighted by Gasteiger charge is -2.09. The molecule has 0 aliphatic heterocycles. The first kappa shape index (κ1) is 22.7. The van der Waals surface area contributed by atoms with E-state index >= 15 is 0 Å². The first-order valence-corrected chi connectivity index (χ1v) is 9.77. The number of hydrazone groups is 1. The SMILES string of the molecule is C/C(=N\NC(=O)COc1ccc(OCc2ccccc2)cc1)c1ccc(OC(F)F)cc1. The van der Waals surface area contributed by atoms with Gasteiger partial charge in [0.25, 0.3) is 5.91 Å². The van der Waals surface area contributed by atoms with Crippen molar-refractivity contribution in [1.82, 2.24) is 5.43 Å². The topological polar surface area (TPSA) is 69.2 Å². The molecule has 0 aliphatic carbocycles. The van der Waals surface area contributed by atoms with Crippen molar-refractivity contribution in [1.29, 1.82) is 0 Å². The molecule has 8 heteroatoms. The molecule has 0 unspecified atom stereocenters. The lowest BCUT2D eigenvalue weighted by molar-refractivity contribution is -0.123. The number of nitrogens with one attached hydrogen (secondary N) is 1. The van der Waals surface area contributed by atoms with Gasteiger partial charge in [0.2, 0.25) is 0 Å². The lowest BCUT2D eigenvalue weighted by atomic mass is 10.1. The van der Waals surface area contributed by atoms with Crippen LogP contribution in [0.25, 0.3) is 0 Å². The molecule has 3 rings (SSSR count). The van der Waals surface area contributed by atoms with E-state index in [9.17, 15) is 13.6 Å². The van der Waals surface area contributed by atoms with E-state index in [0.29, 0.717) is 29.4 Å². The molecule has 0 heterocycles. The Kier molecular flexibility index (Phi) is 8.14. The number of nitrogens with zero attached hydrogens (tertiary/aromatic N) is 1. The number of carbonyl (C=O) groups is 1. The average Bonchev–Trinajstić information content (AvgIpc) is 2.81. The van der Waals surface area contributed by atoms with E-state index in [1.54, 1.807) is 43.3 Å². The molecule has 0 atom stereocenters. The fraction of sp³-hybridized carbons (Fsp3) is 0.167. The fourth-order valence-electron chi connectivity index (χ4n) is 2.64. The average molecular weight is 440 g/mol. The maximum absolute atomic E-state index is 12.2. The van der Waals surface area contributed by atoms with Crippen LogP contribution in [0.2, 0.25) is 0 Å². The predicted molar refractivity (Wildman–Crippen MR) is 116 cm³/mol. The highest BCUT2D eigenvalue weighted by Crippen LogP contribution is 2.19. The number of halogens is 2. The molecule has 166 valence electrons. The molecule has 0 aromatic heterocycles. The summed E-state index contributed by atoms with van der Waals surface area (Å²) in [5.41, 5.74) is 4.62. The van der Waals surface area contributed by atoms with Crippen LogP contribution < -0.4 is 19.6 Å². The number of ether oxygens (including phenoxy) is 3. The van der Waals surface area contributed by atoms with Gasteiger partial charge in [-0.05, 0) is 66.6 Å². The third-order valence-electron chi connectivity index (χ3n) is 4.29. The van der Waals surface area contributed by atoms with Crippen molar-refractivity contribution in [3.05, 3.63) is 90.0 Å². The molecule has 0 bridgehead atoms. The Bertz CT molecular complexity index is 1020. The Morgan fingerprint density at radius 2 is 1.47 bits per heavy atom. The monoisotopic (exact) mass is 440 g/mol. The number of alkyl halides is 2. The Labute approximate surface area is 184 Å². The highest BCUT2D eigenvalue weighted by atomic mass is 19.3. The largest absolute Gasteiger partial charge is 0.489 e. The first-order valence-electron chi connectivity index (χ1n) is 9.77. The highest BCUT2D eigenvalue weighted by Gasteiger charge is 2.06. The van der Waals surface area contributed by atoms with Crippen LogP contribution in [0.1, 0.15) is 18.1 Å². The molecular weight excluding hydrogens is 418 g/mol. The number of amides is 1. The number of benzene rings is 3. The zero-order chi connectivity index (χ0) is 22.8. The van der Waals surface area contributed by atoms with Gasteiger partial charge in [0.1, 0.15) is 23.9 Å². The quantitative estimate of drug-likeness (QED) is 0.364. The molecular formula is C24H22F2N2O4. The molecule has 0 saturated carbocycles. The Morgan fingerprint density at radius 3 is 2.09 bits per heavy atom. The molecule has 32 heavy (non-hydrogen) atoms. The summed E-state index contributed by atoms with van der Waals surface area (Å²) in [6.07, 6.45) is 0. The van der Waals surface area contributed by atoms with Crippen molar-refractivity contribution in [3.8, 4) is 17.2 Å². The van der Waals surface area contributed by atoms with Gasteiger partial charge in [-0.3, -0.25) is 4.79 Å². The van der Waals surface area contributed by atoms with E-state index < -0.39 is 12.5 Å². The second-order valence-electron chi connectivity index (χ2n) is 6.67. The Balaban J connectivity index is 1.43. The second kappa shape index (κ2) is 11.5. The Hall–Kier alpha value is -3.94. The molecule has 6 nitrogen and oxygen atoms in total. The van der Waals surface area contributed by atoms with Crippen LogP contribution in [-0.2, 0) is 11.4 Å². The minimum atomic E-state index is -2.88. The number of hydrogen-bond acceptors (Lipinski definition) is 5. The van der Waals surface area contributed by atoms with E-state index in [-0.39, 0.29) is 12.4 Å². The minimum absolute atomic E-state index is 0.0467. The van der Waals surface area contributed by atoms with Gasteiger partial charge in [-0.2, -0.15) is 13.9 Å². The molecule has 3 aromatic rings. The van der Waals surface area contributed by atoms with Crippen LogP contribution in [-0.4, -0.2) is 24.8 Å². The van der Waals surface area contributed by atoms with Crippen molar-refractivity contribution >= 4 is 11.6 Å². The summed E-state index contributed by atoms with van der Waals surface area (Å²) in [5.74, 6) is 0.815. The van der Waals surface area contributed by atoms with E-state index in [2.05, 4.69) is 15.3 Å². The van der Waals surface area contributed by atoms with E-state index in [0.717, 1.165) is 5.56 Å². The van der Waals surface area contributed by atoms with Crippen LogP contribution in [0.4, 0.5) is 8.78 Å². The minimum Gasteiger partial charge on any atom is -0.489 e. The molecule has 0 fully saturated rings. The first-order chi connectivity index (χ1) is 15.5. The van der Waals surface area contributed by atoms with Crippen molar-refractivity contribution in [2.45, 2.75) is 20.1 Å². The summed E-state index contributed by atoms with van der Waals surface area (Å²) in [5, 5.41) is 3.99. The third kappa shape index (κ3) is 7.39.